The number of aromatic amines is 1. The molecule has 2 aliphatic heterocycles. The number of anilines is 1. The van der Waals surface area contributed by atoms with Crippen molar-refractivity contribution in [2.45, 2.75) is 77.7 Å². The van der Waals surface area contributed by atoms with Crippen LogP contribution < -0.4 is 19.7 Å². The standard InChI is InChI=1S/C36H48N6O4/c1-25(2)45-33-19-26(29-21-38-39-22-29)10-11-27(33)24-42(30-12-13-30)34(43)28-7-6-16-41(23-28)31-8-5-9-32(20-31)46-36(3,4)35(44)40-17-14-37-15-18-40/h5,8-11,19-22,25,28,30,37H,6-7,12-18,23-24H2,1-4H3,(H,38,39). The van der Waals surface area contributed by atoms with Gasteiger partial charge in [-0.3, -0.25) is 14.7 Å². The number of carbonyl (C=O) groups excluding carboxylic acids is 2. The highest BCUT2D eigenvalue weighted by molar-refractivity contribution is 5.85. The summed E-state index contributed by atoms with van der Waals surface area (Å²) in [6.07, 6.45) is 7.58. The van der Waals surface area contributed by atoms with E-state index in [-0.39, 0.29) is 29.9 Å². The Kier molecular flexibility index (Phi) is 9.54. The van der Waals surface area contributed by atoms with Gasteiger partial charge in [-0.25, -0.2) is 0 Å². The van der Waals surface area contributed by atoms with E-state index in [1.807, 2.05) is 57.0 Å². The number of nitrogens with zero attached hydrogens (tertiary/aromatic N) is 4. The molecule has 1 atom stereocenters. The van der Waals surface area contributed by atoms with Crippen LogP contribution in [-0.2, 0) is 16.1 Å². The number of carbonyl (C=O) groups is 2. The first-order chi connectivity index (χ1) is 22.2. The monoisotopic (exact) mass is 628 g/mol. The average Bonchev–Trinajstić information content (AvgIpc) is 3.75. The first kappa shape index (κ1) is 31.9. The fourth-order valence-electron chi connectivity index (χ4n) is 6.57. The minimum Gasteiger partial charge on any atom is -0.491 e. The van der Waals surface area contributed by atoms with Gasteiger partial charge in [-0.05, 0) is 77.1 Å². The summed E-state index contributed by atoms with van der Waals surface area (Å²) in [6.45, 7) is 12.8. The largest absolute Gasteiger partial charge is 0.491 e. The van der Waals surface area contributed by atoms with Crippen LogP contribution in [-0.4, -0.2) is 88.8 Å². The van der Waals surface area contributed by atoms with Gasteiger partial charge in [-0.15, -0.1) is 0 Å². The number of benzene rings is 2. The van der Waals surface area contributed by atoms with Crippen molar-refractivity contribution in [1.82, 2.24) is 25.3 Å². The van der Waals surface area contributed by atoms with Crippen molar-refractivity contribution in [1.29, 1.82) is 0 Å². The molecular formula is C36H48N6O4. The molecular weight excluding hydrogens is 580 g/mol. The number of amides is 2. The Hall–Kier alpha value is -4.05. The lowest BCUT2D eigenvalue weighted by Crippen LogP contribution is -2.54. The number of rotatable bonds is 11. The molecule has 6 rings (SSSR count). The number of piperidine rings is 1. The Labute approximate surface area is 272 Å². The topological polar surface area (TPSA) is 103 Å². The second kappa shape index (κ2) is 13.7. The Morgan fingerprint density at radius 3 is 2.57 bits per heavy atom. The van der Waals surface area contributed by atoms with Crippen molar-refractivity contribution in [2.75, 3.05) is 44.2 Å². The summed E-state index contributed by atoms with van der Waals surface area (Å²) < 4.78 is 12.6. The molecule has 3 heterocycles. The molecule has 10 nitrogen and oxygen atoms in total. The summed E-state index contributed by atoms with van der Waals surface area (Å²) in [7, 11) is 0. The molecule has 0 bridgehead atoms. The van der Waals surface area contributed by atoms with Gasteiger partial charge in [0, 0.05) is 80.9 Å². The number of nitrogens with one attached hydrogen (secondary N) is 2. The number of ether oxygens (including phenoxy) is 2. The van der Waals surface area contributed by atoms with Crippen LogP contribution >= 0.6 is 0 Å². The Morgan fingerprint density at radius 1 is 1.04 bits per heavy atom. The van der Waals surface area contributed by atoms with E-state index in [9.17, 15) is 9.59 Å². The minimum atomic E-state index is -0.976. The molecule has 2 aromatic carbocycles. The molecule has 2 amide bonds. The van der Waals surface area contributed by atoms with E-state index in [1.54, 1.807) is 6.20 Å². The maximum Gasteiger partial charge on any atom is 0.266 e. The van der Waals surface area contributed by atoms with E-state index in [1.165, 1.54) is 0 Å². The molecule has 1 saturated carbocycles. The summed E-state index contributed by atoms with van der Waals surface area (Å²) in [4.78, 5) is 33.7. The molecule has 10 heteroatoms. The predicted octanol–water partition coefficient (Wildman–Crippen LogP) is 4.86. The fourth-order valence-corrected chi connectivity index (χ4v) is 6.57. The number of H-pyrrole nitrogens is 1. The van der Waals surface area contributed by atoms with Crippen LogP contribution in [0.5, 0.6) is 11.5 Å². The van der Waals surface area contributed by atoms with E-state index in [0.717, 1.165) is 73.4 Å². The second-order valence-corrected chi connectivity index (χ2v) is 13.6. The lowest BCUT2D eigenvalue weighted by Gasteiger charge is -2.37. The zero-order chi connectivity index (χ0) is 32.3. The zero-order valence-corrected chi connectivity index (χ0v) is 27.6. The van der Waals surface area contributed by atoms with Gasteiger partial charge in [0.05, 0.1) is 18.2 Å². The maximum atomic E-state index is 14.2. The van der Waals surface area contributed by atoms with Crippen molar-refractivity contribution in [3.05, 3.63) is 60.4 Å². The molecule has 1 aliphatic carbocycles. The van der Waals surface area contributed by atoms with Gasteiger partial charge in [0.25, 0.3) is 5.91 Å². The van der Waals surface area contributed by atoms with Gasteiger partial charge >= 0.3 is 0 Å². The lowest BCUT2D eigenvalue weighted by atomic mass is 9.95. The Bertz CT molecular complexity index is 1500. The van der Waals surface area contributed by atoms with Crippen LogP contribution in [0.3, 0.4) is 0 Å². The van der Waals surface area contributed by atoms with Gasteiger partial charge in [-0.1, -0.05) is 18.2 Å². The molecule has 246 valence electrons. The van der Waals surface area contributed by atoms with E-state index in [2.05, 4.69) is 49.6 Å². The van der Waals surface area contributed by atoms with E-state index < -0.39 is 5.60 Å². The van der Waals surface area contributed by atoms with Crippen LogP contribution in [0.2, 0.25) is 0 Å². The van der Waals surface area contributed by atoms with E-state index in [0.29, 0.717) is 31.9 Å². The lowest BCUT2D eigenvalue weighted by molar-refractivity contribution is -0.146. The SMILES string of the molecule is CC(C)Oc1cc(-c2cn[nH]c2)ccc1CN(C(=O)C1CCCN(c2cccc(OC(C)(C)C(=O)N3CCNCC3)c2)C1)C1CC1. The quantitative estimate of drug-likeness (QED) is 0.313. The number of hydrogen-bond donors (Lipinski definition) is 2. The number of piperazine rings is 1. The molecule has 3 aromatic rings. The highest BCUT2D eigenvalue weighted by Gasteiger charge is 2.38. The van der Waals surface area contributed by atoms with Crippen LogP contribution in [0.4, 0.5) is 5.69 Å². The first-order valence-electron chi connectivity index (χ1n) is 16.8. The van der Waals surface area contributed by atoms with Crippen LogP contribution in [0.15, 0.2) is 54.9 Å². The molecule has 3 fully saturated rings. The molecule has 0 radical (unpaired) electrons. The van der Waals surface area contributed by atoms with Crippen LogP contribution in [0, 0.1) is 5.92 Å². The van der Waals surface area contributed by atoms with Crippen molar-refractivity contribution in [3.63, 3.8) is 0 Å². The summed E-state index contributed by atoms with van der Waals surface area (Å²) in [5.74, 6) is 1.60. The summed E-state index contributed by atoms with van der Waals surface area (Å²) in [5, 5.41) is 10.3. The Morgan fingerprint density at radius 2 is 1.85 bits per heavy atom. The first-order valence-corrected chi connectivity index (χ1v) is 16.8. The highest BCUT2D eigenvalue weighted by atomic mass is 16.5. The molecule has 2 saturated heterocycles. The van der Waals surface area contributed by atoms with Crippen LogP contribution in [0.25, 0.3) is 11.1 Å². The van der Waals surface area contributed by atoms with Gasteiger partial charge in [-0.2, -0.15) is 5.10 Å². The van der Waals surface area contributed by atoms with E-state index in [4.69, 9.17) is 9.47 Å². The normalized spacial score (nSPS) is 18.8. The zero-order valence-electron chi connectivity index (χ0n) is 27.6. The highest BCUT2D eigenvalue weighted by Crippen LogP contribution is 2.36. The number of aromatic nitrogens is 2. The van der Waals surface area contributed by atoms with Crippen molar-refractivity contribution >= 4 is 17.5 Å². The Balaban J connectivity index is 1.14. The molecule has 3 aliphatic rings. The van der Waals surface area contributed by atoms with Gasteiger partial charge in [0.15, 0.2) is 5.60 Å². The third kappa shape index (κ3) is 7.49. The third-order valence-electron chi connectivity index (χ3n) is 9.12. The second-order valence-electron chi connectivity index (χ2n) is 13.6. The molecule has 46 heavy (non-hydrogen) atoms. The molecule has 2 N–H and O–H groups in total. The van der Waals surface area contributed by atoms with Crippen molar-refractivity contribution < 1.29 is 19.1 Å². The van der Waals surface area contributed by atoms with Crippen LogP contribution in [0.1, 0.15) is 58.9 Å². The fraction of sp³-hybridized carbons (Fsp3) is 0.528. The minimum absolute atomic E-state index is 0.00118. The molecule has 1 aromatic heterocycles. The maximum absolute atomic E-state index is 14.2. The van der Waals surface area contributed by atoms with Gasteiger partial charge in [0.2, 0.25) is 5.91 Å². The van der Waals surface area contributed by atoms with Crippen molar-refractivity contribution in [3.8, 4) is 22.6 Å². The van der Waals surface area contributed by atoms with E-state index >= 15 is 0 Å². The summed E-state index contributed by atoms with van der Waals surface area (Å²) in [5.41, 5.74) is 3.10. The third-order valence-corrected chi connectivity index (χ3v) is 9.12. The molecule has 0 spiro atoms. The summed E-state index contributed by atoms with van der Waals surface area (Å²) >= 11 is 0. The predicted molar refractivity (Wildman–Crippen MR) is 179 cm³/mol. The molecule has 1 unspecified atom stereocenters. The summed E-state index contributed by atoms with van der Waals surface area (Å²) in [6, 6.07) is 14.5. The average molecular weight is 629 g/mol. The van der Waals surface area contributed by atoms with Crippen molar-refractivity contribution in [2.24, 2.45) is 5.92 Å². The smallest absolute Gasteiger partial charge is 0.266 e. The van der Waals surface area contributed by atoms with Gasteiger partial charge < -0.3 is 29.5 Å². The van der Waals surface area contributed by atoms with Gasteiger partial charge in [0.1, 0.15) is 11.5 Å². The number of hydrogen-bond acceptors (Lipinski definition) is 7.